The molecule has 0 atom stereocenters. The SMILES string of the molecule is c1ccc(-c2nc(-c3ccc4c(c3)oc3ccccc34)nc(-c3ccccc3N3c4c(ccc5ccccc45)-c4cccc5cccc3c45)n2)cc1. The number of anilines is 3. The second-order valence-corrected chi connectivity index (χ2v) is 13.2. The lowest BCUT2D eigenvalue weighted by molar-refractivity contribution is 0.669. The fraction of sp³-hybridized carbons (Fsp3) is 0. The Morgan fingerprint density at radius 2 is 1.04 bits per heavy atom. The molecule has 52 heavy (non-hydrogen) atoms. The number of para-hydroxylation sites is 2. The minimum absolute atomic E-state index is 0.581. The number of nitrogens with zero attached hydrogens (tertiary/aromatic N) is 4. The first-order chi connectivity index (χ1) is 25.8. The van der Waals surface area contributed by atoms with Gasteiger partial charge in [-0.05, 0) is 52.7 Å². The van der Waals surface area contributed by atoms with Gasteiger partial charge in [0.15, 0.2) is 17.5 Å². The first kappa shape index (κ1) is 28.7. The van der Waals surface area contributed by atoms with E-state index in [9.17, 15) is 0 Å². The fourth-order valence-corrected chi connectivity index (χ4v) is 7.88. The molecule has 0 spiro atoms. The third kappa shape index (κ3) is 4.33. The van der Waals surface area contributed by atoms with Crippen molar-refractivity contribution in [2.75, 3.05) is 4.90 Å². The Kier molecular flexibility index (Phi) is 6.18. The molecule has 11 rings (SSSR count). The Morgan fingerprint density at radius 3 is 1.94 bits per heavy atom. The van der Waals surface area contributed by atoms with Crippen LogP contribution in [0.25, 0.3) is 88.8 Å². The van der Waals surface area contributed by atoms with Gasteiger partial charge in [0.25, 0.3) is 0 Å². The Morgan fingerprint density at radius 1 is 0.385 bits per heavy atom. The molecule has 0 amide bonds. The van der Waals surface area contributed by atoms with E-state index in [-0.39, 0.29) is 0 Å². The first-order valence-corrected chi connectivity index (χ1v) is 17.5. The number of hydrogen-bond acceptors (Lipinski definition) is 5. The highest BCUT2D eigenvalue weighted by atomic mass is 16.3. The molecule has 2 aromatic heterocycles. The van der Waals surface area contributed by atoms with Gasteiger partial charge in [0.1, 0.15) is 11.2 Å². The van der Waals surface area contributed by atoms with Crippen molar-refractivity contribution < 1.29 is 4.42 Å². The van der Waals surface area contributed by atoms with Crippen LogP contribution < -0.4 is 4.90 Å². The molecule has 8 aromatic carbocycles. The molecule has 0 bridgehead atoms. The quantitative estimate of drug-likeness (QED) is 0.187. The number of hydrogen-bond donors (Lipinski definition) is 0. The molecule has 0 radical (unpaired) electrons. The molecular weight excluding hydrogens is 637 g/mol. The molecule has 242 valence electrons. The number of furan rings is 1. The van der Waals surface area contributed by atoms with Gasteiger partial charge >= 0.3 is 0 Å². The lowest BCUT2D eigenvalue weighted by atomic mass is 9.88. The maximum atomic E-state index is 6.29. The van der Waals surface area contributed by atoms with Crippen LogP contribution in [0.4, 0.5) is 17.1 Å². The average Bonchev–Trinajstić information content (AvgIpc) is 3.59. The van der Waals surface area contributed by atoms with E-state index < -0.39 is 0 Å². The fourth-order valence-electron chi connectivity index (χ4n) is 7.88. The van der Waals surface area contributed by atoms with Gasteiger partial charge in [-0.1, -0.05) is 133 Å². The zero-order chi connectivity index (χ0) is 34.2. The standard InChI is InChI=1S/C47H28N4O/c1-2-13-31(14-3-1)45-48-46(32-25-26-35-34-18-7-9-23-41(34)52-42(35)28-32)50-47(49-45)38-19-6-8-21-39(38)51-40-22-11-16-30-15-10-20-36(43(30)40)37-27-24-29-12-4-5-17-33(29)44(37)51/h1-28H. The molecule has 0 saturated carbocycles. The van der Waals surface area contributed by atoms with E-state index in [2.05, 4.69) is 120 Å². The van der Waals surface area contributed by atoms with Gasteiger partial charge in [0.05, 0.1) is 17.1 Å². The maximum Gasteiger partial charge on any atom is 0.166 e. The van der Waals surface area contributed by atoms with Crippen molar-refractivity contribution in [3.8, 4) is 45.3 Å². The van der Waals surface area contributed by atoms with E-state index in [0.29, 0.717) is 17.5 Å². The lowest BCUT2D eigenvalue weighted by Gasteiger charge is -2.35. The van der Waals surface area contributed by atoms with E-state index in [1.807, 2.05) is 54.6 Å². The van der Waals surface area contributed by atoms with Crippen molar-refractivity contribution in [1.82, 2.24) is 15.0 Å². The summed E-state index contributed by atoms with van der Waals surface area (Å²) in [6.07, 6.45) is 0. The van der Waals surface area contributed by atoms with Gasteiger partial charge in [0.2, 0.25) is 0 Å². The van der Waals surface area contributed by atoms with Crippen LogP contribution in [0.2, 0.25) is 0 Å². The second kappa shape index (κ2) is 11.2. The van der Waals surface area contributed by atoms with Crippen molar-refractivity contribution in [2.24, 2.45) is 0 Å². The largest absolute Gasteiger partial charge is 0.456 e. The van der Waals surface area contributed by atoms with Crippen molar-refractivity contribution in [3.63, 3.8) is 0 Å². The highest BCUT2D eigenvalue weighted by Gasteiger charge is 2.30. The number of rotatable bonds is 4. The van der Waals surface area contributed by atoms with Gasteiger partial charge in [-0.2, -0.15) is 0 Å². The predicted octanol–water partition coefficient (Wildman–Crippen LogP) is 12.5. The number of benzene rings is 8. The van der Waals surface area contributed by atoms with Crippen LogP contribution in [0, 0.1) is 0 Å². The average molecular weight is 665 g/mol. The van der Waals surface area contributed by atoms with E-state index in [0.717, 1.165) is 55.7 Å². The number of fused-ring (bicyclic) bond motifs is 7. The molecule has 1 aliphatic rings. The van der Waals surface area contributed by atoms with Crippen LogP contribution in [0.5, 0.6) is 0 Å². The highest BCUT2D eigenvalue weighted by molar-refractivity contribution is 6.19. The van der Waals surface area contributed by atoms with Crippen molar-refractivity contribution in [3.05, 3.63) is 170 Å². The molecule has 0 saturated heterocycles. The van der Waals surface area contributed by atoms with Gasteiger partial charge in [0, 0.05) is 43.8 Å². The monoisotopic (exact) mass is 664 g/mol. The van der Waals surface area contributed by atoms with Gasteiger partial charge in [-0.15, -0.1) is 0 Å². The van der Waals surface area contributed by atoms with E-state index in [1.165, 1.54) is 32.7 Å². The summed E-state index contributed by atoms with van der Waals surface area (Å²) in [6, 6.07) is 59.2. The summed E-state index contributed by atoms with van der Waals surface area (Å²) in [6.45, 7) is 0. The summed E-state index contributed by atoms with van der Waals surface area (Å²) < 4.78 is 6.29. The molecule has 0 unspecified atom stereocenters. The van der Waals surface area contributed by atoms with Crippen molar-refractivity contribution in [2.45, 2.75) is 0 Å². The molecule has 10 aromatic rings. The van der Waals surface area contributed by atoms with Crippen molar-refractivity contribution >= 4 is 60.5 Å². The number of aromatic nitrogens is 3. The molecule has 5 heteroatoms. The normalized spacial score (nSPS) is 12.2. The maximum absolute atomic E-state index is 6.29. The summed E-state index contributed by atoms with van der Waals surface area (Å²) in [7, 11) is 0. The highest BCUT2D eigenvalue weighted by Crippen LogP contribution is 2.54. The smallest absolute Gasteiger partial charge is 0.166 e. The zero-order valence-corrected chi connectivity index (χ0v) is 27.9. The Bertz CT molecular complexity index is 3030. The summed E-state index contributed by atoms with van der Waals surface area (Å²) in [5.74, 6) is 1.78. The molecule has 1 aliphatic heterocycles. The summed E-state index contributed by atoms with van der Waals surface area (Å²) in [5.41, 5.74) is 10.0. The van der Waals surface area contributed by atoms with Gasteiger partial charge < -0.3 is 9.32 Å². The van der Waals surface area contributed by atoms with Gasteiger partial charge in [-0.25, -0.2) is 15.0 Å². The minimum atomic E-state index is 0.581. The van der Waals surface area contributed by atoms with Crippen LogP contribution >= 0.6 is 0 Å². The summed E-state index contributed by atoms with van der Waals surface area (Å²) >= 11 is 0. The molecule has 5 nitrogen and oxygen atoms in total. The Balaban J connectivity index is 1.17. The van der Waals surface area contributed by atoms with Crippen LogP contribution in [0.1, 0.15) is 0 Å². The minimum Gasteiger partial charge on any atom is -0.456 e. The molecular formula is C47H28N4O. The molecule has 0 aliphatic carbocycles. The topological polar surface area (TPSA) is 55.1 Å². The predicted molar refractivity (Wildman–Crippen MR) is 212 cm³/mol. The first-order valence-electron chi connectivity index (χ1n) is 17.5. The van der Waals surface area contributed by atoms with E-state index in [1.54, 1.807) is 0 Å². The van der Waals surface area contributed by atoms with E-state index >= 15 is 0 Å². The van der Waals surface area contributed by atoms with Crippen LogP contribution in [0.3, 0.4) is 0 Å². The van der Waals surface area contributed by atoms with Crippen molar-refractivity contribution in [1.29, 1.82) is 0 Å². The van der Waals surface area contributed by atoms with Gasteiger partial charge in [-0.3, -0.25) is 0 Å². The third-order valence-electron chi connectivity index (χ3n) is 10.2. The summed E-state index contributed by atoms with van der Waals surface area (Å²) in [5, 5.41) is 6.94. The third-order valence-corrected chi connectivity index (χ3v) is 10.2. The Hall–Kier alpha value is -7.11. The lowest BCUT2D eigenvalue weighted by Crippen LogP contribution is -2.17. The molecule has 3 heterocycles. The summed E-state index contributed by atoms with van der Waals surface area (Å²) in [4.78, 5) is 17.9. The van der Waals surface area contributed by atoms with Crippen LogP contribution in [0.15, 0.2) is 174 Å². The molecule has 0 N–H and O–H groups in total. The van der Waals surface area contributed by atoms with Crippen LogP contribution in [-0.4, -0.2) is 15.0 Å². The van der Waals surface area contributed by atoms with E-state index in [4.69, 9.17) is 19.4 Å². The zero-order valence-electron chi connectivity index (χ0n) is 27.9. The second-order valence-electron chi connectivity index (χ2n) is 13.2. The Labute approximate surface area is 299 Å². The van der Waals surface area contributed by atoms with Crippen LogP contribution in [-0.2, 0) is 0 Å². The molecule has 0 fully saturated rings.